The van der Waals surface area contributed by atoms with Gasteiger partial charge in [0.2, 0.25) is 5.91 Å². The largest absolute Gasteiger partial charge is 0.494 e. The number of benzene rings is 3. The van der Waals surface area contributed by atoms with Crippen LogP contribution < -0.4 is 15.8 Å². The number of hydrogen-bond donors (Lipinski definition) is 1. The lowest BCUT2D eigenvalue weighted by molar-refractivity contribution is -0.384. The molecule has 0 aliphatic heterocycles. The van der Waals surface area contributed by atoms with Gasteiger partial charge >= 0.3 is 5.76 Å². The third-order valence-electron chi connectivity index (χ3n) is 5.61. The molecule has 0 spiro atoms. The first-order valence-electron chi connectivity index (χ1n) is 11.3. The molecule has 1 unspecified atom stereocenters. The van der Waals surface area contributed by atoms with Crippen molar-refractivity contribution in [2.75, 3.05) is 6.61 Å². The van der Waals surface area contributed by atoms with Crippen LogP contribution in [0.4, 0.5) is 5.69 Å². The minimum absolute atomic E-state index is 0.147. The molecule has 4 aromatic rings. The van der Waals surface area contributed by atoms with Crippen molar-refractivity contribution in [2.45, 2.75) is 32.4 Å². The SMILES string of the molecule is CCOc1ccc(C(NC(=O)CCCn2c(=O)oc3cc([N+](=O)[O-])ccc32)c2ccccc2)cc1. The van der Waals surface area contributed by atoms with Crippen LogP contribution in [-0.2, 0) is 11.3 Å². The number of nitro groups is 1. The first kappa shape index (κ1) is 23.7. The average Bonchev–Trinajstić information content (AvgIpc) is 3.18. The second-order valence-electron chi connectivity index (χ2n) is 7.95. The summed E-state index contributed by atoms with van der Waals surface area (Å²) in [6.07, 6.45) is 0.578. The van der Waals surface area contributed by atoms with Crippen molar-refractivity contribution in [3.8, 4) is 5.75 Å². The molecule has 0 aliphatic rings. The Morgan fingerprint density at radius 3 is 2.49 bits per heavy atom. The number of non-ortho nitro benzene ring substituents is 1. The zero-order chi connectivity index (χ0) is 24.8. The van der Waals surface area contributed by atoms with Crippen molar-refractivity contribution < 1.29 is 18.9 Å². The summed E-state index contributed by atoms with van der Waals surface area (Å²) in [5, 5.41) is 14.0. The van der Waals surface area contributed by atoms with Crippen LogP contribution in [-0.4, -0.2) is 22.0 Å². The number of ether oxygens (including phenoxy) is 1. The number of aromatic nitrogens is 1. The number of carbonyl (C=O) groups is 1. The van der Waals surface area contributed by atoms with Gasteiger partial charge in [-0.05, 0) is 42.7 Å². The molecule has 1 N–H and O–H groups in total. The molecule has 0 saturated carbocycles. The molecule has 4 rings (SSSR count). The summed E-state index contributed by atoms with van der Waals surface area (Å²) in [4.78, 5) is 35.5. The van der Waals surface area contributed by atoms with Crippen molar-refractivity contribution in [2.24, 2.45) is 0 Å². The molecule has 9 heteroatoms. The van der Waals surface area contributed by atoms with Gasteiger partial charge in [0.05, 0.1) is 29.2 Å². The number of amides is 1. The fourth-order valence-corrected chi connectivity index (χ4v) is 3.94. The lowest BCUT2D eigenvalue weighted by atomic mass is 9.98. The summed E-state index contributed by atoms with van der Waals surface area (Å²) in [5.41, 5.74) is 2.32. The summed E-state index contributed by atoms with van der Waals surface area (Å²) < 4.78 is 12.0. The number of fused-ring (bicyclic) bond motifs is 1. The van der Waals surface area contributed by atoms with Gasteiger partial charge in [-0.15, -0.1) is 0 Å². The van der Waals surface area contributed by atoms with Gasteiger partial charge in [0, 0.05) is 19.0 Å². The molecule has 3 aromatic carbocycles. The molecule has 1 atom stereocenters. The molecule has 180 valence electrons. The van der Waals surface area contributed by atoms with Gasteiger partial charge in [-0.1, -0.05) is 42.5 Å². The van der Waals surface area contributed by atoms with Gasteiger partial charge in [0.1, 0.15) is 5.75 Å². The van der Waals surface area contributed by atoms with Crippen LogP contribution in [0.15, 0.2) is 82.0 Å². The van der Waals surface area contributed by atoms with E-state index < -0.39 is 10.7 Å². The highest BCUT2D eigenvalue weighted by Crippen LogP contribution is 2.25. The Labute approximate surface area is 201 Å². The summed E-state index contributed by atoms with van der Waals surface area (Å²) >= 11 is 0. The first-order valence-corrected chi connectivity index (χ1v) is 11.3. The van der Waals surface area contributed by atoms with Crippen LogP contribution in [0.3, 0.4) is 0 Å². The standard InChI is InChI=1S/C26H25N3O6/c1-2-34-21-13-10-19(11-14-21)25(18-7-4-3-5-8-18)27-24(30)9-6-16-28-22-15-12-20(29(32)33)17-23(22)35-26(28)31/h3-5,7-8,10-15,17,25H,2,6,9,16H2,1H3,(H,27,30). The van der Waals surface area contributed by atoms with Gasteiger partial charge in [-0.3, -0.25) is 19.5 Å². The second-order valence-corrected chi connectivity index (χ2v) is 7.95. The predicted molar refractivity (Wildman–Crippen MR) is 130 cm³/mol. The lowest BCUT2D eigenvalue weighted by Gasteiger charge is -2.20. The highest BCUT2D eigenvalue weighted by molar-refractivity contribution is 5.77. The number of hydrogen-bond acceptors (Lipinski definition) is 6. The van der Waals surface area contributed by atoms with Crippen molar-refractivity contribution in [1.82, 2.24) is 9.88 Å². The monoisotopic (exact) mass is 475 g/mol. The normalized spacial score (nSPS) is 11.8. The Morgan fingerprint density at radius 2 is 1.80 bits per heavy atom. The van der Waals surface area contributed by atoms with E-state index in [1.807, 2.05) is 61.5 Å². The molecular formula is C26H25N3O6. The number of aryl methyl sites for hydroxylation is 1. The molecule has 0 aliphatic carbocycles. The molecule has 0 saturated heterocycles. The lowest BCUT2D eigenvalue weighted by Crippen LogP contribution is -2.29. The fourth-order valence-electron chi connectivity index (χ4n) is 3.94. The number of nitro benzene ring substituents is 1. The van der Waals surface area contributed by atoms with E-state index in [1.165, 1.54) is 22.8 Å². The zero-order valence-electron chi connectivity index (χ0n) is 19.2. The van der Waals surface area contributed by atoms with E-state index in [0.717, 1.165) is 16.9 Å². The van der Waals surface area contributed by atoms with E-state index >= 15 is 0 Å². The third-order valence-corrected chi connectivity index (χ3v) is 5.61. The van der Waals surface area contributed by atoms with Gasteiger partial charge in [0.15, 0.2) is 5.58 Å². The molecule has 9 nitrogen and oxygen atoms in total. The van der Waals surface area contributed by atoms with Crippen LogP contribution >= 0.6 is 0 Å². The molecule has 0 fully saturated rings. The van der Waals surface area contributed by atoms with Crippen LogP contribution in [0.5, 0.6) is 5.75 Å². The van der Waals surface area contributed by atoms with Gasteiger partial charge < -0.3 is 14.5 Å². The van der Waals surface area contributed by atoms with Gasteiger partial charge in [-0.2, -0.15) is 0 Å². The summed E-state index contributed by atoms with van der Waals surface area (Å²) in [6, 6.07) is 21.0. The minimum Gasteiger partial charge on any atom is -0.494 e. The van der Waals surface area contributed by atoms with Crippen molar-refractivity contribution in [3.63, 3.8) is 0 Å². The van der Waals surface area contributed by atoms with E-state index in [-0.39, 0.29) is 36.2 Å². The highest BCUT2D eigenvalue weighted by Gasteiger charge is 2.18. The number of nitrogens with zero attached hydrogens (tertiary/aromatic N) is 2. The second kappa shape index (κ2) is 10.7. The smallest absolute Gasteiger partial charge is 0.419 e. The molecule has 1 heterocycles. The first-order chi connectivity index (χ1) is 17.0. The fraction of sp³-hybridized carbons (Fsp3) is 0.231. The van der Waals surface area contributed by atoms with E-state index in [9.17, 15) is 19.7 Å². The number of rotatable bonds is 10. The Hall–Kier alpha value is -4.40. The number of carbonyl (C=O) groups excluding carboxylic acids is 1. The predicted octanol–water partition coefficient (Wildman–Crippen LogP) is 4.59. The van der Waals surface area contributed by atoms with Crippen LogP contribution in [0, 0.1) is 10.1 Å². The average molecular weight is 476 g/mol. The van der Waals surface area contributed by atoms with E-state index in [1.54, 1.807) is 0 Å². The maximum atomic E-state index is 12.8. The molecule has 1 amide bonds. The zero-order valence-corrected chi connectivity index (χ0v) is 19.2. The molecular weight excluding hydrogens is 450 g/mol. The van der Waals surface area contributed by atoms with E-state index in [4.69, 9.17) is 9.15 Å². The summed E-state index contributed by atoms with van der Waals surface area (Å²) in [5.74, 6) is -0.0146. The Balaban J connectivity index is 1.44. The molecule has 1 aromatic heterocycles. The molecule has 0 radical (unpaired) electrons. The number of oxazole rings is 1. The Morgan fingerprint density at radius 1 is 1.09 bits per heavy atom. The Bertz CT molecular complexity index is 1380. The Kier molecular flexibility index (Phi) is 7.25. The van der Waals surface area contributed by atoms with E-state index in [0.29, 0.717) is 18.5 Å². The third kappa shape index (κ3) is 5.57. The van der Waals surface area contributed by atoms with Crippen LogP contribution in [0.2, 0.25) is 0 Å². The minimum atomic E-state index is -0.613. The maximum absolute atomic E-state index is 12.8. The molecule has 0 bridgehead atoms. The maximum Gasteiger partial charge on any atom is 0.419 e. The van der Waals surface area contributed by atoms with Crippen LogP contribution in [0.25, 0.3) is 11.1 Å². The van der Waals surface area contributed by atoms with Crippen molar-refractivity contribution in [3.05, 3.63) is 105 Å². The van der Waals surface area contributed by atoms with E-state index in [2.05, 4.69) is 5.32 Å². The number of nitrogens with one attached hydrogen (secondary N) is 1. The van der Waals surface area contributed by atoms with Crippen molar-refractivity contribution >= 4 is 22.7 Å². The molecule has 35 heavy (non-hydrogen) atoms. The van der Waals surface area contributed by atoms with Crippen LogP contribution in [0.1, 0.15) is 36.9 Å². The quantitative estimate of drug-likeness (QED) is 0.265. The van der Waals surface area contributed by atoms with Gasteiger partial charge in [0.25, 0.3) is 5.69 Å². The topological polar surface area (TPSA) is 117 Å². The van der Waals surface area contributed by atoms with Crippen molar-refractivity contribution in [1.29, 1.82) is 0 Å². The summed E-state index contributed by atoms with van der Waals surface area (Å²) in [7, 11) is 0. The highest BCUT2D eigenvalue weighted by atomic mass is 16.6. The summed E-state index contributed by atoms with van der Waals surface area (Å²) in [6.45, 7) is 2.74. The van der Waals surface area contributed by atoms with Gasteiger partial charge in [-0.25, -0.2) is 4.79 Å².